The minimum Gasteiger partial charge on any atom is -0.410 e. The van der Waals surface area contributed by atoms with Crippen molar-refractivity contribution < 1.29 is 19.1 Å². The van der Waals surface area contributed by atoms with Gasteiger partial charge in [0.1, 0.15) is 5.75 Å². The standard InChI is InChI=1S/C28H36N4O4/c1-28(2)20-25(33)32(26(34)21-28)15-12-22-8-10-24(11-9-22)36-27(35)31-18-16-30(17-19-31)14-5-7-23-6-3-4-13-29-23/h3-4,6,8-11,13H,5,7,12,14-21H2,1-2H3. The summed E-state index contributed by atoms with van der Waals surface area (Å²) < 4.78 is 5.58. The molecule has 0 radical (unpaired) electrons. The number of amides is 3. The van der Waals surface area contributed by atoms with Crippen LogP contribution in [0.15, 0.2) is 48.7 Å². The van der Waals surface area contributed by atoms with E-state index in [4.69, 9.17) is 4.74 Å². The van der Waals surface area contributed by atoms with Gasteiger partial charge in [-0.15, -0.1) is 0 Å². The Bertz CT molecular complexity index is 1030. The second kappa shape index (κ2) is 11.6. The zero-order chi connectivity index (χ0) is 25.5. The second-order valence-corrected chi connectivity index (χ2v) is 10.5. The Morgan fingerprint density at radius 3 is 2.25 bits per heavy atom. The summed E-state index contributed by atoms with van der Waals surface area (Å²) in [5.74, 6) is 0.290. The van der Waals surface area contributed by atoms with Gasteiger partial charge in [-0.1, -0.05) is 32.0 Å². The number of hydrogen-bond acceptors (Lipinski definition) is 6. The molecular weight excluding hydrogens is 456 g/mol. The number of likely N-dealkylation sites (tertiary alicyclic amines) is 1. The van der Waals surface area contributed by atoms with Gasteiger partial charge in [0.15, 0.2) is 0 Å². The fraction of sp³-hybridized carbons (Fsp3) is 0.500. The molecule has 0 unspecified atom stereocenters. The minimum absolute atomic E-state index is 0.102. The van der Waals surface area contributed by atoms with Crippen molar-refractivity contribution in [3.05, 3.63) is 59.9 Å². The van der Waals surface area contributed by atoms with Gasteiger partial charge in [0, 0.05) is 57.5 Å². The molecule has 8 heteroatoms. The van der Waals surface area contributed by atoms with Crippen molar-refractivity contribution in [3.63, 3.8) is 0 Å². The third-order valence-electron chi connectivity index (χ3n) is 6.88. The van der Waals surface area contributed by atoms with Crippen LogP contribution >= 0.6 is 0 Å². The van der Waals surface area contributed by atoms with Crippen LogP contribution in [0, 0.1) is 5.41 Å². The molecule has 8 nitrogen and oxygen atoms in total. The molecular formula is C28H36N4O4. The highest BCUT2D eigenvalue weighted by atomic mass is 16.6. The molecule has 192 valence electrons. The van der Waals surface area contributed by atoms with E-state index in [1.165, 1.54) is 4.90 Å². The molecule has 0 bridgehead atoms. The van der Waals surface area contributed by atoms with Crippen molar-refractivity contribution in [2.24, 2.45) is 5.41 Å². The quantitative estimate of drug-likeness (QED) is 0.524. The van der Waals surface area contributed by atoms with Crippen LogP contribution in [0.3, 0.4) is 0 Å². The summed E-state index contributed by atoms with van der Waals surface area (Å²) in [7, 11) is 0. The number of imide groups is 1. The number of nitrogens with zero attached hydrogens (tertiary/aromatic N) is 4. The number of aryl methyl sites for hydroxylation is 1. The molecule has 36 heavy (non-hydrogen) atoms. The van der Waals surface area contributed by atoms with E-state index in [1.807, 2.05) is 44.3 Å². The van der Waals surface area contributed by atoms with Gasteiger partial charge in [-0.05, 0) is 61.1 Å². The van der Waals surface area contributed by atoms with Crippen molar-refractivity contribution >= 4 is 17.9 Å². The van der Waals surface area contributed by atoms with Crippen molar-refractivity contribution in [2.75, 3.05) is 39.3 Å². The number of hydrogen-bond donors (Lipinski definition) is 0. The lowest BCUT2D eigenvalue weighted by Crippen LogP contribution is -2.49. The maximum atomic E-state index is 12.6. The van der Waals surface area contributed by atoms with Gasteiger partial charge >= 0.3 is 6.09 Å². The highest BCUT2D eigenvalue weighted by Crippen LogP contribution is 2.31. The fourth-order valence-electron chi connectivity index (χ4n) is 4.77. The Kier molecular flexibility index (Phi) is 8.36. The van der Waals surface area contributed by atoms with E-state index in [1.54, 1.807) is 17.0 Å². The first-order valence-electron chi connectivity index (χ1n) is 12.8. The summed E-state index contributed by atoms with van der Waals surface area (Å²) >= 11 is 0. The molecule has 1 aromatic carbocycles. The van der Waals surface area contributed by atoms with Gasteiger partial charge in [-0.3, -0.25) is 24.4 Å². The third kappa shape index (κ3) is 7.13. The molecule has 0 atom stereocenters. The van der Waals surface area contributed by atoms with Crippen LogP contribution in [-0.4, -0.2) is 76.9 Å². The van der Waals surface area contributed by atoms with E-state index < -0.39 is 0 Å². The summed E-state index contributed by atoms with van der Waals surface area (Å²) in [5.41, 5.74) is 1.84. The van der Waals surface area contributed by atoms with Gasteiger partial charge in [0.25, 0.3) is 0 Å². The predicted octanol–water partition coefficient (Wildman–Crippen LogP) is 3.55. The van der Waals surface area contributed by atoms with Gasteiger partial charge in [-0.25, -0.2) is 4.79 Å². The van der Waals surface area contributed by atoms with Crippen molar-refractivity contribution in [1.29, 1.82) is 0 Å². The summed E-state index contributed by atoms with van der Waals surface area (Å²) in [6.07, 6.45) is 4.87. The monoisotopic (exact) mass is 492 g/mol. The Morgan fingerprint density at radius 1 is 0.917 bits per heavy atom. The number of ether oxygens (including phenoxy) is 1. The first-order chi connectivity index (χ1) is 17.3. The molecule has 0 saturated carbocycles. The maximum absolute atomic E-state index is 12.6. The zero-order valence-corrected chi connectivity index (χ0v) is 21.3. The number of carbonyl (C=O) groups is 3. The first kappa shape index (κ1) is 25.8. The molecule has 0 spiro atoms. The molecule has 4 rings (SSSR count). The predicted molar refractivity (Wildman–Crippen MR) is 136 cm³/mol. The van der Waals surface area contributed by atoms with Crippen LogP contribution in [0.1, 0.15) is 44.4 Å². The Morgan fingerprint density at radius 2 is 1.61 bits per heavy atom. The molecule has 1 aromatic heterocycles. The molecule has 0 aliphatic carbocycles. The summed E-state index contributed by atoms with van der Waals surface area (Å²) in [4.78, 5) is 47.1. The van der Waals surface area contributed by atoms with Crippen LogP contribution < -0.4 is 4.74 Å². The second-order valence-electron chi connectivity index (χ2n) is 10.5. The number of piperidine rings is 1. The lowest BCUT2D eigenvalue weighted by atomic mass is 9.81. The number of pyridine rings is 1. The van der Waals surface area contributed by atoms with Crippen LogP contribution in [0.5, 0.6) is 5.75 Å². The molecule has 2 aromatic rings. The Labute approximate surface area is 213 Å². The fourth-order valence-corrected chi connectivity index (χ4v) is 4.77. The average Bonchev–Trinajstić information content (AvgIpc) is 2.85. The van der Waals surface area contributed by atoms with Gasteiger partial charge in [0.2, 0.25) is 11.8 Å². The molecule has 2 aliphatic rings. The number of piperazine rings is 1. The summed E-state index contributed by atoms with van der Waals surface area (Å²) in [6, 6.07) is 13.3. The normalized spacial score (nSPS) is 18.4. The van der Waals surface area contributed by atoms with E-state index in [0.717, 1.165) is 43.7 Å². The van der Waals surface area contributed by atoms with E-state index in [9.17, 15) is 14.4 Å². The minimum atomic E-state index is -0.331. The highest BCUT2D eigenvalue weighted by molar-refractivity contribution is 5.98. The highest BCUT2D eigenvalue weighted by Gasteiger charge is 2.37. The summed E-state index contributed by atoms with van der Waals surface area (Å²) in [6.45, 7) is 8.23. The lowest BCUT2D eigenvalue weighted by molar-refractivity contribution is -0.152. The number of benzene rings is 1. The van der Waals surface area contributed by atoms with Crippen molar-refractivity contribution in [2.45, 2.75) is 46.0 Å². The van der Waals surface area contributed by atoms with E-state index in [-0.39, 0.29) is 23.3 Å². The third-order valence-corrected chi connectivity index (χ3v) is 6.88. The van der Waals surface area contributed by atoms with E-state index in [2.05, 4.69) is 16.0 Å². The molecule has 2 fully saturated rings. The molecule has 0 N–H and O–H groups in total. The molecule has 3 amide bonds. The number of carbonyl (C=O) groups excluding carboxylic acids is 3. The van der Waals surface area contributed by atoms with Gasteiger partial charge in [0.05, 0.1) is 0 Å². The largest absolute Gasteiger partial charge is 0.415 e. The topological polar surface area (TPSA) is 83.1 Å². The molecule has 2 saturated heterocycles. The molecule has 2 aliphatic heterocycles. The van der Waals surface area contributed by atoms with Gasteiger partial charge < -0.3 is 9.64 Å². The first-order valence-corrected chi connectivity index (χ1v) is 12.8. The van der Waals surface area contributed by atoms with Crippen molar-refractivity contribution in [3.8, 4) is 5.75 Å². The number of aromatic nitrogens is 1. The van der Waals surface area contributed by atoms with Crippen LogP contribution in [-0.2, 0) is 22.4 Å². The van der Waals surface area contributed by atoms with E-state index >= 15 is 0 Å². The van der Waals surface area contributed by atoms with Crippen LogP contribution in [0.25, 0.3) is 0 Å². The SMILES string of the molecule is CC1(C)CC(=O)N(CCc2ccc(OC(=O)N3CCN(CCCc4ccccn4)CC3)cc2)C(=O)C1. The zero-order valence-electron chi connectivity index (χ0n) is 21.3. The van der Waals surface area contributed by atoms with Crippen LogP contribution in [0.2, 0.25) is 0 Å². The smallest absolute Gasteiger partial charge is 0.410 e. The number of rotatable bonds is 8. The maximum Gasteiger partial charge on any atom is 0.415 e. The lowest BCUT2D eigenvalue weighted by Gasteiger charge is -2.34. The van der Waals surface area contributed by atoms with E-state index in [0.29, 0.717) is 44.6 Å². The van der Waals surface area contributed by atoms with Gasteiger partial charge in [-0.2, -0.15) is 0 Å². The summed E-state index contributed by atoms with van der Waals surface area (Å²) in [5, 5.41) is 0. The van der Waals surface area contributed by atoms with Crippen LogP contribution in [0.4, 0.5) is 4.79 Å². The van der Waals surface area contributed by atoms with Crippen molar-refractivity contribution in [1.82, 2.24) is 19.7 Å². The Balaban J connectivity index is 1.17. The molecule has 3 heterocycles. The average molecular weight is 493 g/mol. The Hall–Kier alpha value is -3.26.